The summed E-state index contributed by atoms with van der Waals surface area (Å²) in [7, 11) is 0. The second-order valence-electron chi connectivity index (χ2n) is 6.40. The number of rotatable bonds is 3. The van der Waals surface area contributed by atoms with Gasteiger partial charge in [0.1, 0.15) is 0 Å². The van der Waals surface area contributed by atoms with Crippen LogP contribution < -0.4 is 4.90 Å². The van der Waals surface area contributed by atoms with Crippen LogP contribution in [0, 0.1) is 6.92 Å². The minimum atomic E-state index is 0.0491. The first-order valence-corrected chi connectivity index (χ1v) is 8.56. The highest BCUT2D eigenvalue weighted by Crippen LogP contribution is 2.30. The van der Waals surface area contributed by atoms with Gasteiger partial charge in [0.2, 0.25) is 0 Å². The zero-order valence-corrected chi connectivity index (χ0v) is 14.5. The molecule has 0 amide bonds. The molecule has 5 nitrogen and oxygen atoms in total. The molecule has 5 heteroatoms. The van der Waals surface area contributed by atoms with Gasteiger partial charge in [0.25, 0.3) is 0 Å². The molecule has 128 valence electrons. The molecule has 4 heterocycles. The molecule has 0 aliphatic carbocycles. The van der Waals surface area contributed by atoms with Gasteiger partial charge in [0.15, 0.2) is 5.78 Å². The minimum Gasteiger partial charge on any atom is -0.378 e. The standard InChI is InChI=1S/C20H21N3O2/c1-14-4-3-5-18(21-14)17-13-19(15(2)24)23-7-6-16(12-20(17)23)22-8-10-25-11-9-22/h3-7,12-13H,8-11H2,1-2H3. The van der Waals surface area contributed by atoms with E-state index in [1.807, 2.05) is 41.8 Å². The fraction of sp³-hybridized carbons (Fsp3) is 0.300. The average Bonchev–Trinajstić information content (AvgIpc) is 3.01. The third-order valence-electron chi connectivity index (χ3n) is 4.66. The zero-order valence-electron chi connectivity index (χ0n) is 14.5. The first-order chi connectivity index (χ1) is 12.1. The molecule has 0 atom stereocenters. The Labute approximate surface area is 146 Å². The van der Waals surface area contributed by atoms with E-state index in [9.17, 15) is 4.79 Å². The van der Waals surface area contributed by atoms with E-state index in [0.29, 0.717) is 5.69 Å². The van der Waals surface area contributed by atoms with Crippen LogP contribution in [-0.2, 0) is 4.74 Å². The molecule has 0 N–H and O–H groups in total. The third kappa shape index (κ3) is 2.91. The number of carbonyl (C=O) groups is 1. The molecule has 0 bridgehead atoms. The van der Waals surface area contributed by atoms with Crippen molar-refractivity contribution in [3.63, 3.8) is 0 Å². The van der Waals surface area contributed by atoms with Gasteiger partial charge in [-0.15, -0.1) is 0 Å². The quantitative estimate of drug-likeness (QED) is 0.689. The maximum absolute atomic E-state index is 12.1. The molecule has 3 aromatic heterocycles. The largest absolute Gasteiger partial charge is 0.378 e. The Kier molecular flexibility index (Phi) is 4.01. The van der Waals surface area contributed by atoms with Crippen molar-refractivity contribution >= 4 is 17.0 Å². The highest BCUT2D eigenvalue weighted by atomic mass is 16.5. The molecular weight excluding hydrogens is 314 g/mol. The van der Waals surface area contributed by atoms with Crippen LogP contribution in [0.4, 0.5) is 5.69 Å². The van der Waals surface area contributed by atoms with Gasteiger partial charge >= 0.3 is 0 Å². The SMILES string of the molecule is CC(=O)c1cc(-c2cccc(C)n2)c2cc(N3CCOCC3)ccn12. The molecule has 0 aromatic carbocycles. The first-order valence-electron chi connectivity index (χ1n) is 8.56. The van der Waals surface area contributed by atoms with E-state index in [0.717, 1.165) is 54.5 Å². The summed E-state index contributed by atoms with van der Waals surface area (Å²) in [5.41, 5.74) is 5.69. The van der Waals surface area contributed by atoms with E-state index in [1.54, 1.807) is 6.92 Å². The highest BCUT2D eigenvalue weighted by Gasteiger charge is 2.17. The second kappa shape index (κ2) is 6.33. The van der Waals surface area contributed by atoms with Crippen LogP contribution in [0.2, 0.25) is 0 Å². The van der Waals surface area contributed by atoms with Gasteiger partial charge < -0.3 is 14.0 Å². The predicted octanol–water partition coefficient (Wildman–Crippen LogP) is 3.35. The van der Waals surface area contributed by atoms with Crippen molar-refractivity contribution in [1.82, 2.24) is 9.38 Å². The van der Waals surface area contributed by atoms with Crippen LogP contribution >= 0.6 is 0 Å². The number of ketones is 1. The zero-order chi connectivity index (χ0) is 17.4. The van der Waals surface area contributed by atoms with Gasteiger partial charge in [-0.3, -0.25) is 9.78 Å². The number of nitrogens with zero attached hydrogens (tertiary/aromatic N) is 3. The van der Waals surface area contributed by atoms with Crippen LogP contribution in [0.25, 0.3) is 16.8 Å². The number of aryl methyl sites for hydroxylation is 1. The van der Waals surface area contributed by atoms with Crippen molar-refractivity contribution in [3.05, 3.63) is 54.0 Å². The summed E-state index contributed by atoms with van der Waals surface area (Å²) in [5, 5.41) is 0. The Morgan fingerprint density at radius 2 is 1.96 bits per heavy atom. The highest BCUT2D eigenvalue weighted by molar-refractivity contribution is 5.98. The maximum atomic E-state index is 12.1. The Balaban J connectivity index is 1.89. The molecule has 4 rings (SSSR count). The number of aromatic nitrogens is 2. The summed E-state index contributed by atoms with van der Waals surface area (Å²) >= 11 is 0. The lowest BCUT2D eigenvalue weighted by molar-refractivity contribution is 0.101. The van der Waals surface area contributed by atoms with Gasteiger partial charge in [-0.05, 0) is 37.3 Å². The number of hydrogen-bond acceptors (Lipinski definition) is 4. The number of fused-ring (bicyclic) bond motifs is 1. The third-order valence-corrected chi connectivity index (χ3v) is 4.66. The number of Topliss-reactive ketones (excluding diaryl/α,β-unsaturated/α-hetero) is 1. The molecule has 1 aliphatic heterocycles. The van der Waals surface area contributed by atoms with E-state index < -0.39 is 0 Å². The Bertz CT molecular complexity index is 939. The lowest BCUT2D eigenvalue weighted by Gasteiger charge is -2.29. The van der Waals surface area contributed by atoms with Crippen LogP contribution in [0.5, 0.6) is 0 Å². The molecule has 25 heavy (non-hydrogen) atoms. The fourth-order valence-electron chi connectivity index (χ4n) is 3.37. The number of anilines is 1. The van der Waals surface area contributed by atoms with E-state index in [1.165, 1.54) is 0 Å². The topological polar surface area (TPSA) is 46.8 Å². The summed E-state index contributed by atoms with van der Waals surface area (Å²) in [6.45, 7) is 6.84. The van der Waals surface area contributed by atoms with Gasteiger partial charge in [-0.2, -0.15) is 0 Å². The number of ether oxygens (including phenoxy) is 1. The summed E-state index contributed by atoms with van der Waals surface area (Å²) in [6, 6.07) is 12.1. The Morgan fingerprint density at radius 1 is 1.16 bits per heavy atom. The fourth-order valence-corrected chi connectivity index (χ4v) is 3.37. The molecule has 1 saturated heterocycles. The van der Waals surface area contributed by atoms with E-state index in [4.69, 9.17) is 4.74 Å². The molecule has 0 spiro atoms. The number of hydrogen-bond donors (Lipinski definition) is 0. The monoisotopic (exact) mass is 335 g/mol. The van der Waals surface area contributed by atoms with E-state index in [2.05, 4.69) is 22.0 Å². The van der Waals surface area contributed by atoms with E-state index in [-0.39, 0.29) is 5.78 Å². The Morgan fingerprint density at radius 3 is 2.68 bits per heavy atom. The molecule has 1 aliphatic rings. The number of morpholine rings is 1. The summed E-state index contributed by atoms with van der Waals surface area (Å²) in [6.07, 6.45) is 1.98. The summed E-state index contributed by atoms with van der Waals surface area (Å²) in [5.74, 6) is 0.0491. The van der Waals surface area contributed by atoms with Crippen molar-refractivity contribution in [1.29, 1.82) is 0 Å². The van der Waals surface area contributed by atoms with Crippen molar-refractivity contribution in [2.24, 2.45) is 0 Å². The van der Waals surface area contributed by atoms with Crippen LogP contribution in [-0.4, -0.2) is 41.5 Å². The van der Waals surface area contributed by atoms with Crippen molar-refractivity contribution in [2.45, 2.75) is 13.8 Å². The number of carbonyl (C=O) groups excluding carboxylic acids is 1. The lowest BCUT2D eigenvalue weighted by Crippen LogP contribution is -2.36. The van der Waals surface area contributed by atoms with E-state index >= 15 is 0 Å². The molecule has 0 saturated carbocycles. The maximum Gasteiger partial charge on any atom is 0.176 e. The van der Waals surface area contributed by atoms with Gasteiger partial charge in [0.05, 0.1) is 30.1 Å². The smallest absolute Gasteiger partial charge is 0.176 e. The van der Waals surface area contributed by atoms with Crippen LogP contribution in [0.1, 0.15) is 23.1 Å². The molecule has 3 aromatic rings. The van der Waals surface area contributed by atoms with Crippen LogP contribution in [0.3, 0.4) is 0 Å². The first kappa shape index (κ1) is 15.8. The molecule has 1 fully saturated rings. The second-order valence-corrected chi connectivity index (χ2v) is 6.40. The van der Waals surface area contributed by atoms with Crippen LogP contribution in [0.15, 0.2) is 42.6 Å². The molecular formula is C20H21N3O2. The minimum absolute atomic E-state index is 0.0491. The Hall–Kier alpha value is -2.66. The normalized spacial score (nSPS) is 14.9. The van der Waals surface area contributed by atoms with Crippen molar-refractivity contribution < 1.29 is 9.53 Å². The summed E-state index contributed by atoms with van der Waals surface area (Å²) < 4.78 is 7.41. The molecule has 0 radical (unpaired) electrons. The molecule has 0 unspecified atom stereocenters. The average molecular weight is 335 g/mol. The number of pyridine rings is 2. The predicted molar refractivity (Wildman–Crippen MR) is 98.4 cm³/mol. The summed E-state index contributed by atoms with van der Waals surface area (Å²) in [4.78, 5) is 19.1. The van der Waals surface area contributed by atoms with Crippen molar-refractivity contribution in [3.8, 4) is 11.3 Å². The van der Waals surface area contributed by atoms with Gasteiger partial charge in [-0.25, -0.2) is 0 Å². The lowest BCUT2D eigenvalue weighted by atomic mass is 10.1. The van der Waals surface area contributed by atoms with Gasteiger partial charge in [-0.1, -0.05) is 6.07 Å². The van der Waals surface area contributed by atoms with Crippen molar-refractivity contribution in [2.75, 3.05) is 31.2 Å². The van der Waals surface area contributed by atoms with Gasteiger partial charge in [0, 0.05) is 43.2 Å².